The van der Waals surface area contributed by atoms with Crippen LogP contribution >= 0.6 is 11.3 Å². The van der Waals surface area contributed by atoms with Crippen LogP contribution in [0.1, 0.15) is 9.67 Å². The average Bonchev–Trinajstić information content (AvgIpc) is 2.70. The molecular weight excluding hydrogens is 206 g/mol. The molecule has 0 unspecified atom stereocenters. The highest BCUT2D eigenvalue weighted by Gasteiger charge is 2.17. The van der Waals surface area contributed by atoms with E-state index in [0.717, 1.165) is 0 Å². The molecule has 0 saturated heterocycles. The average molecular weight is 211 g/mol. The van der Waals surface area contributed by atoms with Crippen molar-refractivity contribution in [2.24, 2.45) is 0 Å². The Morgan fingerprint density at radius 2 is 2.36 bits per heavy atom. The molecule has 2 rings (SSSR count). The third-order valence-electron chi connectivity index (χ3n) is 1.61. The quantitative estimate of drug-likeness (QED) is 0.786. The smallest absolute Gasteiger partial charge is 0.348 e. The minimum absolute atomic E-state index is 0.0371. The van der Waals surface area contributed by atoms with Crippen LogP contribution in [0.4, 0.5) is 0 Å². The largest absolute Gasteiger partial charge is 0.477 e. The molecule has 6 heteroatoms. The first-order chi connectivity index (χ1) is 6.68. The Morgan fingerprint density at radius 3 is 2.93 bits per heavy atom. The van der Waals surface area contributed by atoms with Crippen LogP contribution in [0.15, 0.2) is 27.6 Å². The minimum atomic E-state index is -1.14. The van der Waals surface area contributed by atoms with Crippen LogP contribution in [0.2, 0.25) is 0 Å². The molecule has 2 aromatic rings. The summed E-state index contributed by atoms with van der Waals surface area (Å²) < 4.78 is 5.00. The SMILES string of the molecule is O=C(O)c1sc(=O)[nH]c1-c1ccco1. The van der Waals surface area contributed by atoms with Crippen LogP contribution in [0.25, 0.3) is 11.5 Å². The van der Waals surface area contributed by atoms with E-state index in [2.05, 4.69) is 4.98 Å². The van der Waals surface area contributed by atoms with Gasteiger partial charge in [0.15, 0.2) is 5.76 Å². The van der Waals surface area contributed by atoms with Gasteiger partial charge in [-0.1, -0.05) is 11.3 Å². The summed E-state index contributed by atoms with van der Waals surface area (Å²) in [6, 6.07) is 3.21. The highest BCUT2D eigenvalue weighted by Crippen LogP contribution is 2.23. The predicted molar refractivity (Wildman–Crippen MR) is 49.6 cm³/mol. The van der Waals surface area contributed by atoms with Crippen LogP contribution in [0, 0.1) is 0 Å². The van der Waals surface area contributed by atoms with Crippen molar-refractivity contribution >= 4 is 17.3 Å². The molecule has 14 heavy (non-hydrogen) atoms. The van der Waals surface area contributed by atoms with E-state index in [9.17, 15) is 9.59 Å². The summed E-state index contributed by atoms with van der Waals surface area (Å²) in [7, 11) is 0. The maximum Gasteiger partial charge on any atom is 0.348 e. The Kier molecular flexibility index (Phi) is 1.97. The number of hydrogen-bond acceptors (Lipinski definition) is 4. The number of hydrogen-bond donors (Lipinski definition) is 2. The summed E-state index contributed by atoms with van der Waals surface area (Å²) in [4.78, 5) is 23.7. The van der Waals surface area contributed by atoms with Crippen LogP contribution in [0.5, 0.6) is 0 Å². The maximum absolute atomic E-state index is 11.0. The second-order valence-electron chi connectivity index (χ2n) is 2.50. The standard InChI is InChI=1S/C8H5NO4S/c10-7(11)6-5(9-8(12)14-6)4-2-1-3-13-4/h1-3H,(H,9,12)(H,10,11). The van der Waals surface area contributed by atoms with Crippen molar-refractivity contribution in [3.05, 3.63) is 32.9 Å². The van der Waals surface area contributed by atoms with Gasteiger partial charge in [0.05, 0.1) is 6.26 Å². The minimum Gasteiger partial charge on any atom is -0.477 e. The first kappa shape index (κ1) is 8.76. The van der Waals surface area contributed by atoms with Crippen molar-refractivity contribution in [3.63, 3.8) is 0 Å². The molecule has 0 aliphatic heterocycles. The summed E-state index contributed by atoms with van der Waals surface area (Å²) in [5.74, 6) is -0.791. The molecule has 0 amide bonds. The first-order valence-electron chi connectivity index (χ1n) is 3.69. The number of carbonyl (C=O) groups is 1. The molecule has 0 radical (unpaired) electrons. The number of thiazole rings is 1. The Labute approximate surface area is 81.6 Å². The second-order valence-corrected chi connectivity index (χ2v) is 3.48. The molecule has 0 aromatic carbocycles. The van der Waals surface area contributed by atoms with E-state index in [1.807, 2.05) is 0 Å². The zero-order chi connectivity index (χ0) is 10.1. The lowest BCUT2D eigenvalue weighted by Gasteiger charge is -1.92. The lowest BCUT2D eigenvalue weighted by molar-refractivity contribution is 0.0702. The molecule has 0 fully saturated rings. The summed E-state index contributed by atoms with van der Waals surface area (Å²) in [6.45, 7) is 0. The zero-order valence-corrected chi connectivity index (χ0v) is 7.63. The van der Waals surface area contributed by atoms with E-state index in [0.29, 0.717) is 17.1 Å². The van der Waals surface area contributed by atoms with Crippen molar-refractivity contribution in [2.45, 2.75) is 0 Å². The van der Waals surface area contributed by atoms with Gasteiger partial charge in [-0.3, -0.25) is 4.79 Å². The molecule has 0 aliphatic carbocycles. The van der Waals surface area contributed by atoms with E-state index < -0.39 is 10.8 Å². The van der Waals surface area contributed by atoms with Crippen molar-refractivity contribution in [3.8, 4) is 11.5 Å². The molecule has 5 nitrogen and oxygen atoms in total. The maximum atomic E-state index is 11.0. The van der Waals surface area contributed by atoms with Crippen molar-refractivity contribution in [2.75, 3.05) is 0 Å². The normalized spacial score (nSPS) is 10.3. The van der Waals surface area contributed by atoms with Gasteiger partial charge < -0.3 is 14.5 Å². The van der Waals surface area contributed by atoms with Gasteiger partial charge in [0.1, 0.15) is 10.6 Å². The van der Waals surface area contributed by atoms with Crippen molar-refractivity contribution in [1.82, 2.24) is 4.98 Å². The molecule has 0 atom stereocenters. The van der Waals surface area contributed by atoms with Crippen molar-refractivity contribution in [1.29, 1.82) is 0 Å². The van der Waals surface area contributed by atoms with E-state index in [4.69, 9.17) is 9.52 Å². The molecule has 2 heterocycles. The molecule has 0 bridgehead atoms. The van der Waals surface area contributed by atoms with Crippen LogP contribution < -0.4 is 4.87 Å². The monoisotopic (exact) mass is 211 g/mol. The fraction of sp³-hybridized carbons (Fsp3) is 0. The molecule has 72 valence electrons. The number of H-pyrrole nitrogens is 1. The van der Waals surface area contributed by atoms with E-state index in [-0.39, 0.29) is 10.6 Å². The van der Waals surface area contributed by atoms with Gasteiger partial charge in [-0.2, -0.15) is 0 Å². The first-order valence-corrected chi connectivity index (χ1v) is 4.50. The summed E-state index contributed by atoms with van der Waals surface area (Å²) >= 11 is 0.650. The van der Waals surface area contributed by atoms with Gasteiger partial charge in [-0.25, -0.2) is 4.79 Å². The summed E-state index contributed by atoms with van der Waals surface area (Å²) in [5.41, 5.74) is 0.220. The Hall–Kier alpha value is -1.82. The fourth-order valence-corrected chi connectivity index (χ4v) is 1.75. The number of carboxylic acids is 1. The number of carboxylic acid groups (broad SMARTS) is 1. The van der Waals surface area contributed by atoms with Crippen LogP contribution in [0.3, 0.4) is 0 Å². The molecule has 0 saturated carbocycles. The van der Waals surface area contributed by atoms with E-state index in [1.165, 1.54) is 6.26 Å². The molecule has 0 aliphatic rings. The molecule has 0 spiro atoms. The number of aromatic nitrogens is 1. The van der Waals surface area contributed by atoms with Crippen LogP contribution in [-0.4, -0.2) is 16.1 Å². The number of aromatic amines is 1. The lowest BCUT2D eigenvalue weighted by Crippen LogP contribution is -1.94. The van der Waals surface area contributed by atoms with Gasteiger partial charge >= 0.3 is 10.8 Å². The highest BCUT2D eigenvalue weighted by molar-refractivity contribution is 7.11. The summed E-state index contributed by atoms with van der Waals surface area (Å²) in [5, 5.41) is 8.79. The van der Waals surface area contributed by atoms with Gasteiger partial charge in [0, 0.05) is 0 Å². The summed E-state index contributed by atoms with van der Waals surface area (Å²) in [6.07, 6.45) is 1.41. The van der Waals surface area contributed by atoms with Crippen molar-refractivity contribution < 1.29 is 14.3 Å². The number of furan rings is 1. The highest BCUT2D eigenvalue weighted by atomic mass is 32.1. The van der Waals surface area contributed by atoms with Gasteiger partial charge in [0.2, 0.25) is 0 Å². The van der Waals surface area contributed by atoms with Gasteiger partial charge in [0.25, 0.3) is 0 Å². The van der Waals surface area contributed by atoms with E-state index in [1.54, 1.807) is 12.1 Å². The van der Waals surface area contributed by atoms with Gasteiger partial charge in [-0.15, -0.1) is 0 Å². The Balaban J connectivity index is 2.63. The Bertz CT molecular complexity index is 508. The van der Waals surface area contributed by atoms with Crippen LogP contribution in [-0.2, 0) is 0 Å². The zero-order valence-electron chi connectivity index (χ0n) is 6.81. The predicted octanol–water partition coefficient (Wildman–Crippen LogP) is 1.39. The second kappa shape index (κ2) is 3.15. The molecule has 2 aromatic heterocycles. The number of rotatable bonds is 2. The fourth-order valence-electron chi connectivity index (χ4n) is 1.07. The number of aromatic carboxylic acids is 1. The van der Waals surface area contributed by atoms with E-state index >= 15 is 0 Å². The molecule has 2 N–H and O–H groups in total. The third kappa shape index (κ3) is 1.35. The van der Waals surface area contributed by atoms with Gasteiger partial charge in [-0.05, 0) is 12.1 Å². The topological polar surface area (TPSA) is 83.3 Å². The lowest BCUT2D eigenvalue weighted by atomic mass is 10.3. The number of nitrogens with one attached hydrogen (secondary N) is 1. The Morgan fingerprint density at radius 1 is 1.57 bits per heavy atom. The molecular formula is C8H5NO4S. The third-order valence-corrected chi connectivity index (χ3v) is 2.48.